The van der Waals surface area contributed by atoms with Gasteiger partial charge in [0.2, 0.25) is 11.8 Å². The van der Waals surface area contributed by atoms with Crippen LogP contribution in [0.1, 0.15) is 31.6 Å². The number of carbonyl (C=O) groups excluding carboxylic acids is 1. The maximum absolute atomic E-state index is 11.7. The third kappa shape index (κ3) is 2.21. The zero-order chi connectivity index (χ0) is 11.6. The Morgan fingerprint density at radius 2 is 2.31 bits per heavy atom. The van der Waals surface area contributed by atoms with Crippen molar-refractivity contribution < 1.29 is 9.21 Å². The molecule has 6 nitrogen and oxygen atoms in total. The fraction of sp³-hybridized carbons (Fsp3) is 0.700. The molecule has 0 spiro atoms. The van der Waals surface area contributed by atoms with Gasteiger partial charge in [0.05, 0.1) is 0 Å². The Bertz CT molecular complexity index is 378. The van der Waals surface area contributed by atoms with Gasteiger partial charge in [-0.2, -0.15) is 0 Å². The second-order valence-corrected chi connectivity index (χ2v) is 4.41. The van der Waals surface area contributed by atoms with E-state index < -0.39 is 0 Å². The summed E-state index contributed by atoms with van der Waals surface area (Å²) in [6.07, 6.45) is 3.65. The third-order valence-corrected chi connectivity index (χ3v) is 3.16. The lowest BCUT2D eigenvalue weighted by atomic mass is 9.66. The second kappa shape index (κ2) is 4.21. The molecule has 1 saturated carbocycles. The summed E-state index contributed by atoms with van der Waals surface area (Å²) < 4.78 is 5.07. The van der Waals surface area contributed by atoms with Crippen LogP contribution in [0.2, 0.25) is 0 Å². The molecule has 0 radical (unpaired) electrons. The number of hydrogen-bond donors (Lipinski definition) is 2. The van der Waals surface area contributed by atoms with Crippen LogP contribution in [0.4, 0.5) is 6.01 Å². The highest BCUT2D eigenvalue weighted by Crippen LogP contribution is 2.42. The molecular formula is C10H16N4O2. The predicted octanol–water partition coefficient (Wildman–Crippen LogP) is 0.836. The van der Waals surface area contributed by atoms with Gasteiger partial charge in [-0.05, 0) is 24.8 Å². The smallest absolute Gasteiger partial charge is 0.322 e. The van der Waals surface area contributed by atoms with Crippen molar-refractivity contribution in [1.29, 1.82) is 0 Å². The van der Waals surface area contributed by atoms with E-state index in [2.05, 4.69) is 15.5 Å². The second-order valence-electron chi connectivity index (χ2n) is 4.41. The quantitative estimate of drug-likeness (QED) is 0.790. The van der Waals surface area contributed by atoms with Gasteiger partial charge in [-0.1, -0.05) is 11.5 Å². The first-order valence-electron chi connectivity index (χ1n) is 5.44. The summed E-state index contributed by atoms with van der Waals surface area (Å²) in [4.78, 5) is 11.7. The molecule has 1 fully saturated rings. The lowest BCUT2D eigenvalue weighted by Crippen LogP contribution is -2.40. The van der Waals surface area contributed by atoms with Crippen LogP contribution in [0.25, 0.3) is 0 Å². The minimum absolute atomic E-state index is 0.000844. The van der Waals surface area contributed by atoms with Gasteiger partial charge in [-0.25, -0.2) is 0 Å². The van der Waals surface area contributed by atoms with Crippen LogP contribution >= 0.6 is 0 Å². The van der Waals surface area contributed by atoms with Crippen molar-refractivity contribution in [3.63, 3.8) is 0 Å². The Balaban J connectivity index is 1.89. The molecule has 2 rings (SSSR count). The molecule has 1 heterocycles. The van der Waals surface area contributed by atoms with E-state index in [1.807, 2.05) is 0 Å². The summed E-state index contributed by atoms with van der Waals surface area (Å²) in [5.74, 6) is 0.335. The number of hydrogen-bond acceptors (Lipinski definition) is 5. The fourth-order valence-corrected chi connectivity index (χ4v) is 1.98. The minimum atomic E-state index is -0.103. The maximum Gasteiger partial charge on any atom is 0.322 e. The van der Waals surface area contributed by atoms with E-state index in [-0.39, 0.29) is 17.3 Å². The summed E-state index contributed by atoms with van der Waals surface area (Å²) in [6.45, 7) is 2.24. The largest absolute Gasteiger partial charge is 0.408 e. The van der Waals surface area contributed by atoms with Crippen molar-refractivity contribution >= 4 is 11.9 Å². The van der Waals surface area contributed by atoms with Gasteiger partial charge in [0, 0.05) is 13.3 Å². The van der Waals surface area contributed by atoms with Gasteiger partial charge in [-0.15, -0.1) is 5.10 Å². The highest BCUT2D eigenvalue weighted by Gasteiger charge is 2.37. The molecule has 0 aliphatic heterocycles. The number of nitrogens with zero attached hydrogens (tertiary/aromatic N) is 2. The Labute approximate surface area is 93.6 Å². The predicted molar refractivity (Wildman–Crippen MR) is 57.6 cm³/mol. The van der Waals surface area contributed by atoms with Gasteiger partial charge in [0.25, 0.3) is 0 Å². The number of amides is 1. The molecule has 1 aliphatic carbocycles. The van der Waals surface area contributed by atoms with Crippen molar-refractivity contribution in [2.45, 2.75) is 32.6 Å². The van der Waals surface area contributed by atoms with E-state index >= 15 is 0 Å². The highest BCUT2D eigenvalue weighted by molar-refractivity contribution is 5.89. The van der Waals surface area contributed by atoms with Crippen LogP contribution in [0.3, 0.4) is 0 Å². The first-order chi connectivity index (χ1) is 7.63. The van der Waals surface area contributed by atoms with E-state index in [0.717, 1.165) is 19.3 Å². The van der Waals surface area contributed by atoms with Gasteiger partial charge in [0.1, 0.15) is 0 Å². The first kappa shape index (κ1) is 11.1. The summed E-state index contributed by atoms with van der Waals surface area (Å²) in [6, 6.07) is 0.161. The highest BCUT2D eigenvalue weighted by atomic mass is 16.4. The summed E-state index contributed by atoms with van der Waals surface area (Å²) >= 11 is 0. The minimum Gasteiger partial charge on any atom is -0.408 e. The molecule has 6 heteroatoms. The van der Waals surface area contributed by atoms with Crippen LogP contribution < -0.4 is 11.1 Å². The summed E-state index contributed by atoms with van der Waals surface area (Å²) in [7, 11) is 0. The van der Waals surface area contributed by atoms with Crippen LogP contribution in [0, 0.1) is 12.3 Å². The molecule has 1 aliphatic rings. The average Bonchev–Trinajstić information content (AvgIpc) is 2.57. The Hall–Kier alpha value is -1.43. The van der Waals surface area contributed by atoms with Crippen molar-refractivity contribution in [2.75, 3.05) is 11.9 Å². The van der Waals surface area contributed by atoms with E-state index in [1.54, 1.807) is 6.92 Å². The Morgan fingerprint density at radius 1 is 1.56 bits per heavy atom. The van der Waals surface area contributed by atoms with Gasteiger partial charge in [-0.3, -0.25) is 10.1 Å². The lowest BCUT2D eigenvalue weighted by molar-refractivity contribution is -0.119. The Kier molecular flexibility index (Phi) is 2.91. The van der Waals surface area contributed by atoms with E-state index in [1.165, 1.54) is 0 Å². The van der Waals surface area contributed by atoms with Crippen LogP contribution in [-0.4, -0.2) is 22.6 Å². The molecular weight excluding hydrogens is 208 g/mol. The summed E-state index contributed by atoms with van der Waals surface area (Å²) in [5, 5.41) is 9.93. The molecule has 88 valence electrons. The molecule has 0 aromatic carbocycles. The number of aromatic nitrogens is 2. The number of anilines is 1. The number of aryl methyl sites for hydroxylation is 1. The molecule has 1 amide bonds. The van der Waals surface area contributed by atoms with E-state index in [4.69, 9.17) is 10.2 Å². The molecule has 16 heavy (non-hydrogen) atoms. The van der Waals surface area contributed by atoms with Crippen LogP contribution in [-0.2, 0) is 4.79 Å². The summed E-state index contributed by atoms with van der Waals surface area (Å²) in [5.41, 5.74) is 5.68. The van der Waals surface area contributed by atoms with Crippen molar-refractivity contribution in [3.8, 4) is 0 Å². The third-order valence-electron chi connectivity index (χ3n) is 3.16. The topological polar surface area (TPSA) is 94.0 Å². The molecule has 0 saturated heterocycles. The molecule has 1 aromatic rings. The Morgan fingerprint density at radius 3 is 2.75 bits per heavy atom. The van der Waals surface area contributed by atoms with Crippen molar-refractivity contribution in [1.82, 2.24) is 10.2 Å². The maximum atomic E-state index is 11.7. The monoisotopic (exact) mass is 224 g/mol. The molecule has 0 atom stereocenters. The number of rotatable bonds is 4. The number of carbonyl (C=O) groups is 1. The lowest BCUT2D eigenvalue weighted by Gasteiger charge is -2.40. The SMILES string of the molecule is Cc1nnc(NC(=O)CC2(CN)CCC2)o1. The zero-order valence-electron chi connectivity index (χ0n) is 9.32. The van der Waals surface area contributed by atoms with Gasteiger partial charge < -0.3 is 10.2 Å². The zero-order valence-corrected chi connectivity index (χ0v) is 9.32. The fourth-order valence-electron chi connectivity index (χ4n) is 1.98. The van der Waals surface area contributed by atoms with E-state index in [9.17, 15) is 4.79 Å². The molecule has 0 bridgehead atoms. The van der Waals surface area contributed by atoms with Gasteiger partial charge in [0.15, 0.2) is 0 Å². The first-order valence-corrected chi connectivity index (χ1v) is 5.44. The van der Waals surface area contributed by atoms with E-state index in [0.29, 0.717) is 18.9 Å². The van der Waals surface area contributed by atoms with Crippen molar-refractivity contribution in [3.05, 3.63) is 5.89 Å². The normalized spacial score (nSPS) is 17.9. The molecule has 3 N–H and O–H groups in total. The standard InChI is InChI=1S/C10H16N4O2/c1-7-13-14-9(16-7)12-8(15)5-10(6-11)3-2-4-10/h2-6,11H2,1H3,(H,12,14,15). The molecule has 1 aromatic heterocycles. The van der Waals surface area contributed by atoms with Crippen LogP contribution in [0.15, 0.2) is 4.42 Å². The van der Waals surface area contributed by atoms with Gasteiger partial charge >= 0.3 is 6.01 Å². The number of nitrogens with two attached hydrogens (primary N) is 1. The van der Waals surface area contributed by atoms with Crippen molar-refractivity contribution in [2.24, 2.45) is 11.1 Å². The number of nitrogens with one attached hydrogen (secondary N) is 1. The average molecular weight is 224 g/mol. The van der Waals surface area contributed by atoms with Crippen LogP contribution in [0.5, 0.6) is 0 Å². The molecule has 0 unspecified atom stereocenters.